The van der Waals surface area contributed by atoms with E-state index in [4.69, 9.17) is 4.52 Å². The lowest BCUT2D eigenvalue weighted by Crippen LogP contribution is -2.39. The lowest BCUT2D eigenvalue weighted by molar-refractivity contribution is 0.0904. The molecule has 1 aliphatic heterocycles. The fraction of sp³-hybridized carbons (Fsp3) is 0.360. The van der Waals surface area contributed by atoms with Crippen LogP contribution in [0.2, 0.25) is 0 Å². The van der Waals surface area contributed by atoms with Gasteiger partial charge in [-0.2, -0.15) is 0 Å². The van der Waals surface area contributed by atoms with Gasteiger partial charge in [0.25, 0.3) is 11.8 Å². The molecule has 0 bridgehead atoms. The van der Waals surface area contributed by atoms with Crippen LogP contribution >= 0.6 is 12.4 Å². The molecule has 34 heavy (non-hydrogen) atoms. The zero-order valence-electron chi connectivity index (χ0n) is 18.7. The fourth-order valence-corrected chi connectivity index (χ4v) is 4.34. The van der Waals surface area contributed by atoms with Crippen LogP contribution in [0.1, 0.15) is 69.8 Å². The van der Waals surface area contributed by atoms with Crippen LogP contribution in [0.15, 0.2) is 59.4 Å². The molecule has 1 aliphatic carbocycles. The van der Waals surface area contributed by atoms with E-state index in [1.807, 2.05) is 18.2 Å². The molecule has 8 nitrogen and oxygen atoms in total. The predicted molar refractivity (Wildman–Crippen MR) is 130 cm³/mol. The molecule has 1 atom stereocenters. The van der Waals surface area contributed by atoms with E-state index in [0.717, 1.165) is 50.1 Å². The number of aromatic nitrogens is 2. The first kappa shape index (κ1) is 23.9. The monoisotopic (exact) mass is 481 g/mol. The Kier molecular flexibility index (Phi) is 7.59. The van der Waals surface area contributed by atoms with Gasteiger partial charge in [0.1, 0.15) is 5.76 Å². The second kappa shape index (κ2) is 10.8. The second-order valence-electron chi connectivity index (χ2n) is 8.75. The van der Waals surface area contributed by atoms with E-state index >= 15 is 0 Å². The van der Waals surface area contributed by atoms with Gasteiger partial charge in [-0.15, -0.1) is 12.4 Å². The summed E-state index contributed by atoms with van der Waals surface area (Å²) in [7, 11) is 0. The average molecular weight is 482 g/mol. The third-order valence-electron chi connectivity index (χ3n) is 6.31. The first-order valence-electron chi connectivity index (χ1n) is 11.5. The molecule has 2 amide bonds. The Hall–Kier alpha value is -3.23. The topological polar surface area (TPSA) is 109 Å². The number of pyridine rings is 1. The van der Waals surface area contributed by atoms with Gasteiger partial charge < -0.3 is 20.5 Å². The van der Waals surface area contributed by atoms with Crippen molar-refractivity contribution in [2.45, 2.75) is 37.6 Å². The third kappa shape index (κ3) is 5.63. The van der Waals surface area contributed by atoms with Crippen molar-refractivity contribution in [1.29, 1.82) is 0 Å². The molecule has 1 saturated heterocycles. The number of anilines is 1. The average Bonchev–Trinajstić information content (AvgIpc) is 3.59. The number of benzene rings is 1. The van der Waals surface area contributed by atoms with Crippen molar-refractivity contribution in [3.8, 4) is 0 Å². The molecule has 3 N–H and O–H groups in total. The van der Waals surface area contributed by atoms with E-state index in [0.29, 0.717) is 22.9 Å². The molecule has 0 radical (unpaired) electrons. The molecule has 178 valence electrons. The molecule has 0 spiro atoms. The number of nitrogens with zero attached hydrogens (tertiary/aromatic N) is 2. The molecule has 2 aliphatic rings. The quantitative estimate of drug-likeness (QED) is 0.469. The van der Waals surface area contributed by atoms with Gasteiger partial charge >= 0.3 is 0 Å². The van der Waals surface area contributed by atoms with Crippen LogP contribution in [0.25, 0.3) is 0 Å². The van der Waals surface area contributed by atoms with Gasteiger partial charge in [0.15, 0.2) is 5.69 Å². The van der Waals surface area contributed by atoms with Gasteiger partial charge in [0, 0.05) is 23.7 Å². The van der Waals surface area contributed by atoms with Gasteiger partial charge in [-0.25, -0.2) is 0 Å². The Morgan fingerprint density at radius 2 is 1.85 bits per heavy atom. The molecule has 9 heteroatoms. The maximum absolute atomic E-state index is 13.1. The van der Waals surface area contributed by atoms with Crippen LogP contribution in [0.5, 0.6) is 0 Å². The molecule has 1 saturated carbocycles. The van der Waals surface area contributed by atoms with E-state index < -0.39 is 0 Å². The van der Waals surface area contributed by atoms with Crippen LogP contribution in [-0.4, -0.2) is 35.0 Å². The molecular formula is C25H28ClN5O3. The summed E-state index contributed by atoms with van der Waals surface area (Å²) in [6, 6.07) is 12.5. The second-order valence-corrected chi connectivity index (χ2v) is 8.75. The lowest BCUT2D eigenvalue weighted by atomic mass is 9.85. The standard InChI is InChI=1S/C25H27N5O3.ClH/c31-24(28-20-5-2-10-27-15-20)19-4-1-3-18(13-19)23(17-8-11-26-12-9-17)29-25(32)21-14-22(33-30-21)16-6-7-16;/h1-5,10,13-17,23,26H,6-9,11-12H2,(H,28,31)(H,29,32);1H. The Labute approximate surface area is 204 Å². The van der Waals surface area contributed by atoms with Crippen molar-refractivity contribution in [3.63, 3.8) is 0 Å². The summed E-state index contributed by atoms with van der Waals surface area (Å²) in [6.45, 7) is 1.79. The summed E-state index contributed by atoms with van der Waals surface area (Å²) in [5.41, 5.74) is 2.37. The minimum absolute atomic E-state index is 0. The summed E-state index contributed by atoms with van der Waals surface area (Å²) in [4.78, 5) is 29.9. The zero-order valence-corrected chi connectivity index (χ0v) is 19.5. The number of amides is 2. The van der Waals surface area contributed by atoms with Crippen LogP contribution < -0.4 is 16.0 Å². The Balaban J connectivity index is 0.00000274. The number of piperidine rings is 1. The highest BCUT2D eigenvalue weighted by atomic mass is 35.5. The van der Waals surface area contributed by atoms with E-state index in [2.05, 4.69) is 26.1 Å². The first-order valence-corrected chi connectivity index (χ1v) is 11.5. The van der Waals surface area contributed by atoms with Crippen molar-refractivity contribution < 1.29 is 14.1 Å². The molecule has 3 heterocycles. The highest BCUT2D eigenvalue weighted by Crippen LogP contribution is 2.40. The minimum atomic E-state index is -0.251. The minimum Gasteiger partial charge on any atom is -0.360 e. The van der Waals surface area contributed by atoms with Crippen molar-refractivity contribution >= 4 is 29.9 Å². The van der Waals surface area contributed by atoms with E-state index in [9.17, 15) is 9.59 Å². The number of carbonyl (C=O) groups excluding carboxylic acids is 2. The summed E-state index contributed by atoms with van der Waals surface area (Å²) < 4.78 is 5.37. The molecule has 3 aromatic rings. The molecule has 2 fully saturated rings. The molecule has 5 rings (SSSR count). The van der Waals surface area contributed by atoms with E-state index in [1.54, 1.807) is 36.7 Å². The lowest BCUT2D eigenvalue weighted by Gasteiger charge is -2.31. The number of halogens is 1. The van der Waals surface area contributed by atoms with Gasteiger partial charge in [-0.3, -0.25) is 14.6 Å². The van der Waals surface area contributed by atoms with Crippen LogP contribution in [0.4, 0.5) is 5.69 Å². The number of hydrogen-bond acceptors (Lipinski definition) is 6. The summed E-state index contributed by atoms with van der Waals surface area (Å²) in [5.74, 6) is 0.966. The molecule has 1 aromatic carbocycles. The van der Waals surface area contributed by atoms with Gasteiger partial charge in [0.2, 0.25) is 0 Å². The summed E-state index contributed by atoms with van der Waals surface area (Å²) in [5, 5.41) is 13.4. The maximum Gasteiger partial charge on any atom is 0.273 e. The Morgan fingerprint density at radius 3 is 2.59 bits per heavy atom. The van der Waals surface area contributed by atoms with Gasteiger partial charge in [0.05, 0.1) is 17.9 Å². The zero-order chi connectivity index (χ0) is 22.6. The molecule has 2 aromatic heterocycles. The Bertz CT molecular complexity index is 1130. The van der Waals surface area contributed by atoms with Crippen molar-refractivity contribution in [2.75, 3.05) is 18.4 Å². The highest BCUT2D eigenvalue weighted by molar-refractivity contribution is 6.04. The Morgan fingerprint density at radius 1 is 1.03 bits per heavy atom. The van der Waals surface area contributed by atoms with E-state index in [1.165, 1.54) is 0 Å². The number of rotatable bonds is 7. The van der Waals surface area contributed by atoms with Crippen molar-refractivity contribution in [3.05, 3.63) is 77.4 Å². The van der Waals surface area contributed by atoms with Crippen LogP contribution in [-0.2, 0) is 0 Å². The predicted octanol–water partition coefficient (Wildman–Crippen LogP) is 4.09. The maximum atomic E-state index is 13.1. The van der Waals surface area contributed by atoms with Crippen molar-refractivity contribution in [2.24, 2.45) is 5.92 Å². The van der Waals surface area contributed by atoms with Gasteiger partial charge in [-0.1, -0.05) is 17.3 Å². The largest absolute Gasteiger partial charge is 0.360 e. The highest BCUT2D eigenvalue weighted by Gasteiger charge is 2.31. The number of carbonyl (C=O) groups is 2. The summed E-state index contributed by atoms with van der Waals surface area (Å²) in [6.07, 6.45) is 7.30. The summed E-state index contributed by atoms with van der Waals surface area (Å²) >= 11 is 0. The van der Waals surface area contributed by atoms with Crippen LogP contribution in [0, 0.1) is 5.92 Å². The smallest absolute Gasteiger partial charge is 0.273 e. The number of nitrogens with one attached hydrogen (secondary N) is 3. The van der Waals surface area contributed by atoms with Crippen LogP contribution in [0.3, 0.4) is 0 Å². The third-order valence-corrected chi connectivity index (χ3v) is 6.31. The normalized spacial score (nSPS) is 16.8. The van der Waals surface area contributed by atoms with Gasteiger partial charge in [-0.05, 0) is 74.5 Å². The number of hydrogen-bond donors (Lipinski definition) is 3. The SMILES string of the molecule is Cl.O=C(Nc1cccnc1)c1cccc(C(NC(=O)c2cc(C3CC3)on2)C2CCNCC2)c1. The molecule has 1 unspecified atom stereocenters. The van der Waals surface area contributed by atoms with Crippen molar-refractivity contribution in [1.82, 2.24) is 20.8 Å². The van der Waals surface area contributed by atoms with E-state index in [-0.39, 0.29) is 36.2 Å². The molecular weight excluding hydrogens is 454 g/mol. The first-order chi connectivity index (χ1) is 16.2. The fourth-order valence-electron chi connectivity index (χ4n) is 4.34.